The molecule has 1 saturated heterocycles. The standard InChI is InChI=1S/C22H18F3N5O3S/c23-13-9-12-16(20(33-22(24)25)17(13)29-7-5-28(4-3-26)6-8-29)30(11-1-2-11)21-15(18(12)31)19(32)14(10-27)34-21/h9,11,22,32H,1-2,4-8H2. The number of fused-ring (bicyclic) bond motifs is 2. The minimum Gasteiger partial charge on any atom is -0.505 e. The number of benzene rings is 1. The van der Waals surface area contributed by atoms with Crippen molar-refractivity contribution in [3.63, 3.8) is 0 Å². The molecule has 2 aliphatic rings. The largest absolute Gasteiger partial charge is 0.505 e. The number of hydrogen-bond acceptors (Lipinski definition) is 8. The number of nitriles is 2. The fourth-order valence-corrected chi connectivity index (χ4v) is 5.59. The monoisotopic (exact) mass is 489 g/mol. The molecule has 1 aliphatic heterocycles. The van der Waals surface area contributed by atoms with E-state index in [4.69, 9.17) is 10.00 Å². The number of nitrogens with zero attached hydrogens (tertiary/aromatic N) is 5. The number of aromatic nitrogens is 1. The van der Waals surface area contributed by atoms with E-state index in [-0.39, 0.29) is 57.4 Å². The summed E-state index contributed by atoms with van der Waals surface area (Å²) in [6, 6.07) is 4.73. The summed E-state index contributed by atoms with van der Waals surface area (Å²) in [4.78, 5) is 16.9. The molecule has 2 fully saturated rings. The lowest BCUT2D eigenvalue weighted by molar-refractivity contribution is -0.0488. The van der Waals surface area contributed by atoms with E-state index in [2.05, 4.69) is 6.07 Å². The Morgan fingerprint density at radius 2 is 1.94 bits per heavy atom. The maximum atomic E-state index is 15.5. The zero-order valence-electron chi connectivity index (χ0n) is 17.7. The van der Waals surface area contributed by atoms with E-state index in [0.29, 0.717) is 25.9 Å². The van der Waals surface area contributed by atoms with Gasteiger partial charge in [-0.1, -0.05) is 0 Å². The van der Waals surface area contributed by atoms with Gasteiger partial charge in [-0.15, -0.1) is 11.3 Å². The summed E-state index contributed by atoms with van der Waals surface area (Å²) in [5.74, 6) is -1.82. The van der Waals surface area contributed by atoms with Crippen LogP contribution in [-0.2, 0) is 0 Å². The number of anilines is 1. The molecule has 1 N–H and O–H groups in total. The number of rotatable bonds is 5. The van der Waals surface area contributed by atoms with E-state index in [1.807, 2.05) is 11.0 Å². The number of halogens is 3. The Balaban J connectivity index is 1.81. The van der Waals surface area contributed by atoms with Gasteiger partial charge in [0.25, 0.3) is 0 Å². The molecular weight excluding hydrogens is 471 g/mol. The van der Waals surface area contributed by atoms with Crippen molar-refractivity contribution in [1.29, 1.82) is 10.5 Å². The van der Waals surface area contributed by atoms with E-state index in [0.717, 1.165) is 17.4 Å². The van der Waals surface area contributed by atoms with Crippen molar-refractivity contribution in [2.45, 2.75) is 25.5 Å². The molecule has 0 spiro atoms. The molecule has 0 atom stereocenters. The van der Waals surface area contributed by atoms with Gasteiger partial charge in [-0.05, 0) is 18.9 Å². The Morgan fingerprint density at radius 3 is 2.53 bits per heavy atom. The van der Waals surface area contributed by atoms with Crippen LogP contribution in [0.1, 0.15) is 23.8 Å². The molecule has 12 heteroatoms. The fourth-order valence-electron chi connectivity index (χ4n) is 4.52. The fraction of sp³-hybridized carbons (Fsp3) is 0.409. The van der Waals surface area contributed by atoms with Gasteiger partial charge >= 0.3 is 6.61 Å². The summed E-state index contributed by atoms with van der Waals surface area (Å²) in [7, 11) is 0. The van der Waals surface area contributed by atoms with Crippen LogP contribution < -0.4 is 15.1 Å². The number of hydrogen-bond donors (Lipinski definition) is 1. The molecule has 3 aromatic rings. The molecule has 0 radical (unpaired) electrons. The van der Waals surface area contributed by atoms with Crippen LogP contribution in [0, 0.1) is 28.5 Å². The highest BCUT2D eigenvalue weighted by Gasteiger charge is 2.35. The van der Waals surface area contributed by atoms with Crippen LogP contribution >= 0.6 is 11.3 Å². The molecule has 0 bridgehead atoms. The van der Waals surface area contributed by atoms with Gasteiger partial charge in [-0.3, -0.25) is 9.69 Å². The van der Waals surface area contributed by atoms with Crippen molar-refractivity contribution in [3.8, 4) is 23.6 Å². The Bertz CT molecular complexity index is 1440. The molecule has 0 amide bonds. The van der Waals surface area contributed by atoms with Gasteiger partial charge in [0.05, 0.1) is 23.5 Å². The lowest BCUT2D eigenvalue weighted by atomic mass is 10.1. The predicted octanol–water partition coefficient (Wildman–Crippen LogP) is 3.51. The summed E-state index contributed by atoms with van der Waals surface area (Å²) >= 11 is 0.891. The number of pyridine rings is 1. The van der Waals surface area contributed by atoms with Crippen molar-refractivity contribution in [3.05, 3.63) is 27.0 Å². The first-order valence-corrected chi connectivity index (χ1v) is 11.4. The second kappa shape index (κ2) is 8.38. The molecule has 8 nitrogen and oxygen atoms in total. The third kappa shape index (κ3) is 3.50. The molecule has 1 aliphatic carbocycles. The minimum absolute atomic E-state index is 0.0295. The molecule has 0 unspecified atom stereocenters. The van der Waals surface area contributed by atoms with Crippen LogP contribution in [0.2, 0.25) is 0 Å². The van der Waals surface area contributed by atoms with Crippen molar-refractivity contribution in [1.82, 2.24) is 9.47 Å². The summed E-state index contributed by atoms with van der Waals surface area (Å²) in [5.41, 5.74) is -0.888. The van der Waals surface area contributed by atoms with Crippen molar-refractivity contribution in [2.75, 3.05) is 37.6 Å². The molecule has 5 rings (SSSR count). The predicted molar refractivity (Wildman–Crippen MR) is 119 cm³/mol. The van der Waals surface area contributed by atoms with Crippen molar-refractivity contribution < 1.29 is 23.0 Å². The summed E-state index contributed by atoms with van der Waals surface area (Å²) in [6.07, 6.45) is 1.39. The Morgan fingerprint density at radius 1 is 1.24 bits per heavy atom. The lowest BCUT2D eigenvalue weighted by Gasteiger charge is -2.36. The quantitative estimate of drug-likeness (QED) is 0.547. The first kappa shape index (κ1) is 22.3. The van der Waals surface area contributed by atoms with E-state index < -0.39 is 29.4 Å². The molecule has 1 saturated carbocycles. The first-order chi connectivity index (χ1) is 16.3. The third-order valence-corrected chi connectivity index (χ3v) is 7.26. The highest BCUT2D eigenvalue weighted by atomic mass is 32.1. The van der Waals surface area contributed by atoms with Gasteiger partial charge in [0.2, 0.25) is 5.43 Å². The highest BCUT2D eigenvalue weighted by Crippen LogP contribution is 2.48. The zero-order chi connectivity index (χ0) is 24.1. The molecule has 3 heterocycles. The number of ether oxygens (including phenoxy) is 1. The maximum Gasteiger partial charge on any atom is 0.387 e. The second-order valence-electron chi connectivity index (χ2n) is 8.23. The van der Waals surface area contributed by atoms with Crippen LogP contribution in [-0.4, -0.2) is 53.9 Å². The second-order valence-corrected chi connectivity index (χ2v) is 9.23. The van der Waals surface area contributed by atoms with Crippen LogP contribution in [0.25, 0.3) is 21.1 Å². The summed E-state index contributed by atoms with van der Waals surface area (Å²) in [6.45, 7) is -1.66. The topological polar surface area (TPSA) is 106 Å². The number of thiophene rings is 1. The molecular formula is C22H18F3N5O3S. The van der Waals surface area contributed by atoms with E-state index in [1.54, 1.807) is 9.47 Å². The van der Waals surface area contributed by atoms with Crippen LogP contribution in [0.3, 0.4) is 0 Å². The third-order valence-electron chi connectivity index (χ3n) is 6.18. The SMILES string of the molecule is N#CCN1CCN(c2c(F)cc3c(=O)c4c(O)c(C#N)sc4n(C4CC4)c3c2OC(F)F)CC1. The van der Waals surface area contributed by atoms with Gasteiger partial charge in [-0.2, -0.15) is 19.3 Å². The zero-order valence-corrected chi connectivity index (χ0v) is 18.5. The van der Waals surface area contributed by atoms with Gasteiger partial charge in [0, 0.05) is 32.2 Å². The average Bonchev–Trinajstić information content (AvgIpc) is 3.58. The van der Waals surface area contributed by atoms with Gasteiger partial charge in [-0.25, -0.2) is 4.39 Å². The number of alkyl halides is 2. The van der Waals surface area contributed by atoms with Gasteiger partial charge in [0.1, 0.15) is 26.9 Å². The average molecular weight is 489 g/mol. The van der Waals surface area contributed by atoms with Crippen LogP contribution in [0.4, 0.5) is 18.9 Å². The van der Waals surface area contributed by atoms with Crippen LogP contribution in [0.5, 0.6) is 11.5 Å². The highest BCUT2D eigenvalue weighted by molar-refractivity contribution is 7.19. The van der Waals surface area contributed by atoms with E-state index >= 15 is 4.39 Å². The van der Waals surface area contributed by atoms with Gasteiger partial charge in [0.15, 0.2) is 17.3 Å². The minimum atomic E-state index is -3.27. The van der Waals surface area contributed by atoms with E-state index in [1.165, 1.54) is 0 Å². The molecule has 176 valence electrons. The summed E-state index contributed by atoms with van der Waals surface area (Å²) in [5, 5.41) is 28.4. The Labute approximate surface area is 195 Å². The number of aromatic hydroxyl groups is 1. The van der Waals surface area contributed by atoms with Crippen molar-refractivity contribution in [2.24, 2.45) is 0 Å². The summed E-state index contributed by atoms with van der Waals surface area (Å²) < 4.78 is 49.2. The van der Waals surface area contributed by atoms with Gasteiger partial charge < -0.3 is 19.3 Å². The van der Waals surface area contributed by atoms with Crippen molar-refractivity contribution >= 4 is 38.1 Å². The molecule has 1 aromatic carbocycles. The maximum absolute atomic E-state index is 15.5. The molecule has 2 aromatic heterocycles. The smallest absolute Gasteiger partial charge is 0.387 e. The van der Waals surface area contributed by atoms with E-state index in [9.17, 15) is 23.9 Å². The van der Waals surface area contributed by atoms with Crippen LogP contribution in [0.15, 0.2) is 10.9 Å². The number of piperazine rings is 1. The Kier molecular flexibility index (Phi) is 5.50. The normalized spacial score (nSPS) is 16.8. The lowest BCUT2D eigenvalue weighted by Crippen LogP contribution is -2.46. The first-order valence-electron chi connectivity index (χ1n) is 10.6. The Hall–Kier alpha value is -3.48. The molecule has 34 heavy (non-hydrogen) atoms.